The van der Waals surface area contributed by atoms with Crippen molar-refractivity contribution in [3.05, 3.63) is 0 Å². The zero-order chi connectivity index (χ0) is 15.2. The van der Waals surface area contributed by atoms with Crippen molar-refractivity contribution >= 4 is 12.6 Å². The van der Waals surface area contributed by atoms with Gasteiger partial charge in [0.15, 0.2) is 0 Å². The lowest BCUT2D eigenvalue weighted by atomic mass is 9.84. The lowest BCUT2D eigenvalue weighted by Crippen LogP contribution is -2.26. The topological polar surface area (TPSA) is 12.5 Å². The molecule has 0 bridgehead atoms. The maximum atomic E-state index is 5.82. The summed E-state index contributed by atoms with van der Waals surface area (Å²) in [7, 11) is 0. The average molecular weight is 314 g/mol. The molecular formula is C18H35NOS. The van der Waals surface area contributed by atoms with Gasteiger partial charge in [-0.05, 0) is 82.7 Å². The lowest BCUT2D eigenvalue weighted by molar-refractivity contribution is 0.00980. The number of ether oxygens (including phenoxy) is 1. The van der Waals surface area contributed by atoms with Crippen LogP contribution in [0, 0.1) is 17.8 Å². The van der Waals surface area contributed by atoms with E-state index in [4.69, 9.17) is 4.74 Å². The van der Waals surface area contributed by atoms with E-state index < -0.39 is 0 Å². The van der Waals surface area contributed by atoms with Crippen molar-refractivity contribution in [3.63, 3.8) is 0 Å². The zero-order valence-corrected chi connectivity index (χ0v) is 15.2. The van der Waals surface area contributed by atoms with Gasteiger partial charge in [0.05, 0.1) is 11.5 Å². The molecule has 3 heteroatoms. The predicted octanol–water partition coefficient (Wildman–Crippen LogP) is 4.60. The van der Waals surface area contributed by atoms with Crippen LogP contribution in [0.3, 0.4) is 0 Å². The molecule has 0 N–H and O–H groups in total. The number of likely N-dealkylation sites (tertiary alicyclic amines) is 1. The first-order valence-corrected chi connectivity index (χ1v) is 9.62. The first kappa shape index (κ1) is 17.6. The Balaban J connectivity index is 1.54. The maximum Gasteiger partial charge on any atom is 0.0975 e. The van der Waals surface area contributed by atoms with Crippen molar-refractivity contribution in [2.75, 3.05) is 19.6 Å². The van der Waals surface area contributed by atoms with Gasteiger partial charge < -0.3 is 9.64 Å². The van der Waals surface area contributed by atoms with E-state index in [1.807, 2.05) is 6.92 Å². The van der Waals surface area contributed by atoms with Gasteiger partial charge in [-0.15, -0.1) is 12.6 Å². The van der Waals surface area contributed by atoms with Gasteiger partial charge in [0.25, 0.3) is 0 Å². The highest BCUT2D eigenvalue weighted by molar-refractivity contribution is 7.80. The molecule has 2 aliphatic rings. The minimum atomic E-state index is 0.0932. The van der Waals surface area contributed by atoms with Gasteiger partial charge in [0.2, 0.25) is 0 Å². The average Bonchev–Trinajstić information content (AvgIpc) is 2.89. The van der Waals surface area contributed by atoms with Crippen LogP contribution < -0.4 is 0 Å². The molecule has 0 spiro atoms. The van der Waals surface area contributed by atoms with Gasteiger partial charge >= 0.3 is 0 Å². The van der Waals surface area contributed by atoms with Crippen LogP contribution in [-0.2, 0) is 4.74 Å². The van der Waals surface area contributed by atoms with E-state index in [0.717, 1.165) is 17.8 Å². The van der Waals surface area contributed by atoms with Crippen LogP contribution >= 0.6 is 12.6 Å². The fraction of sp³-hybridized carbons (Fsp3) is 1.00. The van der Waals surface area contributed by atoms with Crippen molar-refractivity contribution < 1.29 is 4.74 Å². The summed E-state index contributed by atoms with van der Waals surface area (Å²) in [5, 5.41) is 0. The van der Waals surface area contributed by atoms with Crippen LogP contribution in [0.25, 0.3) is 0 Å². The third-order valence-electron chi connectivity index (χ3n) is 5.52. The molecule has 1 saturated carbocycles. The highest BCUT2D eigenvalue weighted by Gasteiger charge is 2.25. The van der Waals surface area contributed by atoms with Gasteiger partial charge in [0, 0.05) is 6.54 Å². The minimum Gasteiger partial charge on any atom is -0.365 e. The molecule has 0 aromatic heterocycles. The first-order chi connectivity index (χ1) is 10.0. The molecule has 2 fully saturated rings. The Morgan fingerprint density at radius 2 is 1.81 bits per heavy atom. The standard InChI is InChI=1S/C18H35NOS/c1-14(2)17-10-12-19(13-17)11-4-5-16-6-8-18(9-7-16)20-15(3)21/h14-18,21H,4-13H2,1-3H3. The highest BCUT2D eigenvalue weighted by atomic mass is 32.1. The molecule has 2 nitrogen and oxygen atoms in total. The van der Waals surface area contributed by atoms with Crippen LogP contribution in [0.1, 0.15) is 65.7 Å². The summed E-state index contributed by atoms with van der Waals surface area (Å²) in [5.74, 6) is 2.75. The summed E-state index contributed by atoms with van der Waals surface area (Å²) in [6.07, 6.45) is 9.92. The molecule has 1 aliphatic heterocycles. The Morgan fingerprint density at radius 3 is 2.38 bits per heavy atom. The molecule has 21 heavy (non-hydrogen) atoms. The molecule has 0 aromatic rings. The molecule has 1 aliphatic carbocycles. The summed E-state index contributed by atoms with van der Waals surface area (Å²) in [5.41, 5.74) is 0.0932. The lowest BCUT2D eigenvalue weighted by Gasteiger charge is -2.30. The van der Waals surface area contributed by atoms with E-state index in [2.05, 4.69) is 31.4 Å². The van der Waals surface area contributed by atoms with Gasteiger partial charge in [-0.25, -0.2) is 0 Å². The Labute approximate surface area is 137 Å². The van der Waals surface area contributed by atoms with E-state index >= 15 is 0 Å². The van der Waals surface area contributed by atoms with E-state index in [1.165, 1.54) is 64.6 Å². The molecule has 0 radical (unpaired) electrons. The molecule has 0 aromatic carbocycles. The number of rotatable bonds is 7. The van der Waals surface area contributed by atoms with Crippen LogP contribution in [0.15, 0.2) is 0 Å². The third kappa shape index (κ3) is 6.11. The van der Waals surface area contributed by atoms with Gasteiger partial charge in [0.1, 0.15) is 0 Å². The van der Waals surface area contributed by atoms with Crippen molar-refractivity contribution in [2.24, 2.45) is 17.8 Å². The molecule has 2 atom stereocenters. The number of hydrogen-bond acceptors (Lipinski definition) is 3. The van der Waals surface area contributed by atoms with Gasteiger partial charge in [-0.3, -0.25) is 0 Å². The Bertz CT molecular complexity index is 287. The maximum absolute atomic E-state index is 5.82. The summed E-state index contributed by atoms with van der Waals surface area (Å²) in [4.78, 5) is 2.70. The van der Waals surface area contributed by atoms with E-state index in [-0.39, 0.29) is 5.44 Å². The van der Waals surface area contributed by atoms with Crippen LogP contribution in [0.2, 0.25) is 0 Å². The summed E-state index contributed by atoms with van der Waals surface area (Å²) in [6, 6.07) is 0. The quantitative estimate of drug-likeness (QED) is 0.545. The zero-order valence-electron chi connectivity index (χ0n) is 14.3. The Kier molecular flexibility index (Phi) is 7.37. The molecule has 1 saturated heterocycles. The monoisotopic (exact) mass is 313 g/mol. The van der Waals surface area contributed by atoms with Crippen LogP contribution in [0.4, 0.5) is 0 Å². The highest BCUT2D eigenvalue weighted by Crippen LogP contribution is 2.31. The molecule has 124 valence electrons. The number of hydrogen-bond donors (Lipinski definition) is 1. The fourth-order valence-corrected chi connectivity index (χ4v) is 4.22. The molecular weight excluding hydrogens is 278 g/mol. The molecule has 1 heterocycles. The Morgan fingerprint density at radius 1 is 1.10 bits per heavy atom. The predicted molar refractivity (Wildman–Crippen MR) is 93.9 cm³/mol. The minimum absolute atomic E-state index is 0.0932. The molecule has 0 amide bonds. The largest absolute Gasteiger partial charge is 0.365 e. The van der Waals surface area contributed by atoms with Gasteiger partial charge in [-0.2, -0.15) is 0 Å². The van der Waals surface area contributed by atoms with Crippen LogP contribution in [-0.4, -0.2) is 36.1 Å². The van der Waals surface area contributed by atoms with Crippen LogP contribution in [0.5, 0.6) is 0 Å². The van der Waals surface area contributed by atoms with Gasteiger partial charge in [-0.1, -0.05) is 13.8 Å². The van der Waals surface area contributed by atoms with Crippen molar-refractivity contribution in [2.45, 2.75) is 77.3 Å². The summed E-state index contributed by atoms with van der Waals surface area (Å²) >= 11 is 4.33. The first-order valence-electron chi connectivity index (χ1n) is 9.10. The van der Waals surface area contributed by atoms with E-state index in [0.29, 0.717) is 6.10 Å². The molecule has 2 rings (SSSR count). The SMILES string of the molecule is CC(S)OC1CCC(CCCN2CCC(C(C)C)C2)CC1. The summed E-state index contributed by atoms with van der Waals surface area (Å²) < 4.78 is 5.82. The number of nitrogens with zero attached hydrogens (tertiary/aromatic N) is 1. The molecule has 2 unspecified atom stereocenters. The second kappa shape index (κ2) is 8.79. The van der Waals surface area contributed by atoms with Crippen molar-refractivity contribution in [1.29, 1.82) is 0 Å². The normalized spacial score (nSPS) is 32.7. The number of thiol groups is 1. The van der Waals surface area contributed by atoms with Crippen molar-refractivity contribution in [1.82, 2.24) is 4.90 Å². The fourth-order valence-electron chi connectivity index (χ4n) is 4.05. The van der Waals surface area contributed by atoms with E-state index in [9.17, 15) is 0 Å². The summed E-state index contributed by atoms with van der Waals surface area (Å²) in [6.45, 7) is 10.8. The second-order valence-electron chi connectivity index (χ2n) is 7.61. The smallest absolute Gasteiger partial charge is 0.0975 e. The Hall–Kier alpha value is 0.270. The second-order valence-corrected chi connectivity index (χ2v) is 8.34. The van der Waals surface area contributed by atoms with Crippen molar-refractivity contribution in [3.8, 4) is 0 Å². The third-order valence-corrected chi connectivity index (χ3v) is 5.64. The van der Waals surface area contributed by atoms with E-state index in [1.54, 1.807) is 0 Å².